The predicted octanol–water partition coefficient (Wildman–Crippen LogP) is 1.03. The number of piperazine rings is 1. The zero-order valence-corrected chi connectivity index (χ0v) is 11.7. The molecular weight excluding hydrogens is 230 g/mol. The third-order valence-corrected chi connectivity index (χ3v) is 3.63. The Morgan fingerprint density at radius 2 is 1.72 bits per heavy atom. The Bertz CT molecular complexity index is 300. The van der Waals surface area contributed by atoms with E-state index in [1.807, 2.05) is 20.8 Å². The number of ether oxygens (including phenoxy) is 1. The van der Waals surface area contributed by atoms with E-state index in [9.17, 15) is 4.79 Å². The van der Waals surface area contributed by atoms with Crippen LogP contribution in [0.1, 0.15) is 33.6 Å². The molecule has 2 rings (SSSR count). The fraction of sp³-hybridized carbons (Fsp3) is 0.923. The Morgan fingerprint density at radius 3 is 2.17 bits per heavy atom. The molecular formula is C13H25N3O2. The van der Waals surface area contributed by atoms with Crippen molar-refractivity contribution >= 4 is 6.09 Å². The van der Waals surface area contributed by atoms with Crippen molar-refractivity contribution in [1.29, 1.82) is 0 Å². The Balaban J connectivity index is 1.74. The van der Waals surface area contributed by atoms with Crippen molar-refractivity contribution in [2.24, 2.45) is 5.73 Å². The second-order valence-electron chi connectivity index (χ2n) is 6.39. The van der Waals surface area contributed by atoms with Crippen LogP contribution in [-0.4, -0.2) is 59.8 Å². The third kappa shape index (κ3) is 3.36. The molecule has 1 aliphatic heterocycles. The van der Waals surface area contributed by atoms with Gasteiger partial charge in [0.1, 0.15) is 5.60 Å². The molecule has 1 heterocycles. The molecule has 5 nitrogen and oxygen atoms in total. The first kappa shape index (κ1) is 13.6. The lowest BCUT2D eigenvalue weighted by Gasteiger charge is -2.45. The monoisotopic (exact) mass is 255 g/mol. The molecule has 2 N–H and O–H groups in total. The summed E-state index contributed by atoms with van der Waals surface area (Å²) in [4.78, 5) is 16.1. The van der Waals surface area contributed by atoms with Gasteiger partial charge in [-0.1, -0.05) is 0 Å². The summed E-state index contributed by atoms with van der Waals surface area (Å²) in [7, 11) is 0. The maximum absolute atomic E-state index is 11.9. The van der Waals surface area contributed by atoms with Gasteiger partial charge in [0.05, 0.1) is 0 Å². The van der Waals surface area contributed by atoms with Gasteiger partial charge in [-0.25, -0.2) is 4.79 Å². The van der Waals surface area contributed by atoms with Gasteiger partial charge in [0.25, 0.3) is 0 Å². The molecule has 2 aliphatic rings. The largest absolute Gasteiger partial charge is 0.444 e. The minimum atomic E-state index is -0.408. The van der Waals surface area contributed by atoms with Crippen molar-refractivity contribution in [3.05, 3.63) is 0 Å². The molecule has 0 atom stereocenters. The summed E-state index contributed by atoms with van der Waals surface area (Å²) >= 11 is 0. The maximum Gasteiger partial charge on any atom is 0.410 e. The van der Waals surface area contributed by atoms with E-state index in [0.717, 1.165) is 39.0 Å². The normalized spacial score (nSPS) is 29.9. The highest BCUT2D eigenvalue weighted by Gasteiger charge is 2.34. The quantitative estimate of drug-likeness (QED) is 0.760. The number of nitrogens with two attached hydrogens (primary N) is 1. The van der Waals surface area contributed by atoms with Crippen molar-refractivity contribution in [3.8, 4) is 0 Å². The van der Waals surface area contributed by atoms with Crippen molar-refractivity contribution in [2.75, 3.05) is 26.2 Å². The number of rotatable bonds is 1. The molecule has 0 radical (unpaired) electrons. The molecule has 2 fully saturated rings. The molecule has 0 aromatic heterocycles. The zero-order chi connectivity index (χ0) is 13.3. The van der Waals surface area contributed by atoms with E-state index in [1.165, 1.54) is 0 Å². The molecule has 0 unspecified atom stereocenters. The van der Waals surface area contributed by atoms with E-state index in [-0.39, 0.29) is 6.09 Å². The lowest BCUT2D eigenvalue weighted by Crippen LogP contribution is -2.57. The number of carbonyl (C=O) groups is 1. The van der Waals surface area contributed by atoms with Gasteiger partial charge in [0, 0.05) is 38.3 Å². The first-order valence-corrected chi connectivity index (χ1v) is 6.83. The molecule has 0 aromatic carbocycles. The Hall–Kier alpha value is -0.810. The van der Waals surface area contributed by atoms with Crippen LogP contribution in [0.5, 0.6) is 0 Å². The Morgan fingerprint density at radius 1 is 1.17 bits per heavy atom. The summed E-state index contributed by atoms with van der Waals surface area (Å²) in [6.45, 7) is 9.11. The van der Waals surface area contributed by atoms with Gasteiger partial charge in [-0.2, -0.15) is 0 Å². The van der Waals surface area contributed by atoms with E-state index >= 15 is 0 Å². The second kappa shape index (κ2) is 5.05. The van der Waals surface area contributed by atoms with Gasteiger partial charge in [-0.15, -0.1) is 0 Å². The Kier molecular flexibility index (Phi) is 3.82. The standard InChI is InChI=1S/C13H25N3O2/c1-13(2,3)18-12(17)16-6-4-15(5-7-16)11-8-10(14)9-11/h10-11H,4-9,14H2,1-3H3. The predicted molar refractivity (Wildman–Crippen MR) is 70.4 cm³/mol. The molecule has 5 heteroatoms. The molecule has 1 aliphatic carbocycles. The summed E-state index contributed by atoms with van der Waals surface area (Å²) in [6, 6.07) is 1.03. The van der Waals surface area contributed by atoms with Gasteiger partial charge in [0.15, 0.2) is 0 Å². The summed E-state index contributed by atoms with van der Waals surface area (Å²) in [5.74, 6) is 0. The van der Waals surface area contributed by atoms with Gasteiger partial charge < -0.3 is 15.4 Å². The topological polar surface area (TPSA) is 58.8 Å². The lowest BCUT2D eigenvalue weighted by atomic mass is 9.86. The van der Waals surface area contributed by atoms with Crippen LogP contribution >= 0.6 is 0 Å². The zero-order valence-electron chi connectivity index (χ0n) is 11.7. The fourth-order valence-corrected chi connectivity index (χ4v) is 2.52. The molecule has 0 spiro atoms. The number of hydrogen-bond acceptors (Lipinski definition) is 4. The maximum atomic E-state index is 11.9. The molecule has 1 saturated carbocycles. The van der Waals surface area contributed by atoms with Gasteiger partial charge in [-0.05, 0) is 33.6 Å². The first-order valence-electron chi connectivity index (χ1n) is 6.83. The van der Waals surface area contributed by atoms with E-state index < -0.39 is 5.60 Å². The van der Waals surface area contributed by atoms with Crippen LogP contribution in [-0.2, 0) is 4.74 Å². The summed E-state index contributed by atoms with van der Waals surface area (Å²) in [5.41, 5.74) is 5.40. The third-order valence-electron chi connectivity index (χ3n) is 3.63. The molecule has 0 aromatic rings. The summed E-state index contributed by atoms with van der Waals surface area (Å²) in [5, 5.41) is 0. The van der Waals surface area contributed by atoms with Gasteiger partial charge >= 0.3 is 6.09 Å². The molecule has 1 amide bonds. The van der Waals surface area contributed by atoms with Crippen LogP contribution in [0.3, 0.4) is 0 Å². The fourth-order valence-electron chi connectivity index (χ4n) is 2.52. The van der Waals surface area contributed by atoms with Crippen molar-refractivity contribution in [1.82, 2.24) is 9.80 Å². The van der Waals surface area contributed by atoms with Crippen LogP contribution in [0.15, 0.2) is 0 Å². The van der Waals surface area contributed by atoms with E-state index in [2.05, 4.69) is 4.90 Å². The smallest absolute Gasteiger partial charge is 0.410 e. The highest BCUT2D eigenvalue weighted by atomic mass is 16.6. The average Bonchev–Trinajstić information content (AvgIpc) is 2.23. The van der Waals surface area contributed by atoms with Gasteiger partial charge in [-0.3, -0.25) is 4.90 Å². The van der Waals surface area contributed by atoms with Gasteiger partial charge in [0.2, 0.25) is 0 Å². The molecule has 104 valence electrons. The van der Waals surface area contributed by atoms with Crippen LogP contribution in [0.25, 0.3) is 0 Å². The van der Waals surface area contributed by atoms with E-state index in [0.29, 0.717) is 12.1 Å². The lowest BCUT2D eigenvalue weighted by molar-refractivity contribution is 0.00326. The summed E-state index contributed by atoms with van der Waals surface area (Å²) < 4.78 is 5.38. The van der Waals surface area contributed by atoms with Crippen molar-refractivity contribution < 1.29 is 9.53 Å². The first-order chi connectivity index (χ1) is 8.35. The summed E-state index contributed by atoms with van der Waals surface area (Å²) in [6.07, 6.45) is 2.02. The number of carbonyl (C=O) groups excluding carboxylic acids is 1. The van der Waals surface area contributed by atoms with E-state index in [4.69, 9.17) is 10.5 Å². The number of amides is 1. The second-order valence-corrected chi connectivity index (χ2v) is 6.39. The minimum Gasteiger partial charge on any atom is -0.444 e. The van der Waals surface area contributed by atoms with Crippen LogP contribution < -0.4 is 5.73 Å². The van der Waals surface area contributed by atoms with Crippen molar-refractivity contribution in [3.63, 3.8) is 0 Å². The van der Waals surface area contributed by atoms with Crippen LogP contribution in [0.4, 0.5) is 4.79 Å². The highest BCUT2D eigenvalue weighted by molar-refractivity contribution is 5.68. The highest BCUT2D eigenvalue weighted by Crippen LogP contribution is 2.25. The Labute approximate surface area is 109 Å². The van der Waals surface area contributed by atoms with Crippen LogP contribution in [0.2, 0.25) is 0 Å². The molecule has 1 saturated heterocycles. The van der Waals surface area contributed by atoms with Crippen molar-refractivity contribution in [2.45, 2.75) is 51.3 Å². The van der Waals surface area contributed by atoms with E-state index in [1.54, 1.807) is 4.90 Å². The minimum absolute atomic E-state index is 0.188. The molecule has 18 heavy (non-hydrogen) atoms. The molecule has 0 bridgehead atoms. The van der Waals surface area contributed by atoms with Crippen LogP contribution in [0, 0.1) is 0 Å². The number of nitrogens with zero attached hydrogens (tertiary/aromatic N) is 2. The average molecular weight is 255 g/mol. The SMILES string of the molecule is CC(C)(C)OC(=O)N1CCN(C2CC(N)C2)CC1. The number of hydrogen-bond donors (Lipinski definition) is 1.